The molecule has 2 aromatic rings. The lowest BCUT2D eigenvalue weighted by Crippen LogP contribution is -2.50. The van der Waals surface area contributed by atoms with E-state index in [9.17, 15) is 13.2 Å². The average molecular weight is 366 g/mol. The summed E-state index contributed by atoms with van der Waals surface area (Å²) in [6.07, 6.45) is 1.54. The Morgan fingerprint density at radius 1 is 1.16 bits per heavy atom. The van der Waals surface area contributed by atoms with E-state index in [-0.39, 0.29) is 24.0 Å². The van der Waals surface area contributed by atoms with Gasteiger partial charge in [0, 0.05) is 38.8 Å². The Hall–Kier alpha value is -2.13. The number of piperazine rings is 1. The number of carbonyl (C=O) groups excluding carboxylic acids is 1. The van der Waals surface area contributed by atoms with Crippen molar-refractivity contribution in [2.45, 2.75) is 25.8 Å². The van der Waals surface area contributed by atoms with Crippen LogP contribution in [0.5, 0.6) is 0 Å². The number of carbonyl (C=O) groups is 1. The maximum Gasteiger partial charge on any atom is 0.260 e. The second-order valence-corrected chi connectivity index (χ2v) is 8.13. The Kier molecular flexibility index (Phi) is 4.46. The summed E-state index contributed by atoms with van der Waals surface area (Å²) < 4.78 is 33.9. The second-order valence-electron chi connectivity index (χ2n) is 6.28. The Labute approximate surface area is 147 Å². The number of furan rings is 1. The van der Waals surface area contributed by atoms with Gasteiger partial charge < -0.3 is 9.32 Å². The van der Waals surface area contributed by atoms with E-state index < -0.39 is 10.0 Å². The number of hydrogen-bond donors (Lipinski definition) is 0. The number of aryl methyl sites for hydroxylation is 4. The third kappa shape index (κ3) is 3.09. The van der Waals surface area contributed by atoms with E-state index in [1.165, 1.54) is 15.2 Å². The van der Waals surface area contributed by atoms with E-state index in [4.69, 9.17) is 4.42 Å². The zero-order valence-corrected chi connectivity index (χ0v) is 15.6. The molecular weight excluding hydrogens is 344 g/mol. The number of sulfonamides is 1. The minimum atomic E-state index is -3.62. The minimum absolute atomic E-state index is 0.122. The lowest BCUT2D eigenvalue weighted by atomic mass is 10.2. The number of hydrogen-bond acceptors (Lipinski definition) is 5. The van der Waals surface area contributed by atoms with Gasteiger partial charge >= 0.3 is 0 Å². The van der Waals surface area contributed by atoms with Crippen LogP contribution in [0.2, 0.25) is 0 Å². The monoisotopic (exact) mass is 366 g/mol. The van der Waals surface area contributed by atoms with Crippen molar-refractivity contribution in [3.63, 3.8) is 0 Å². The van der Waals surface area contributed by atoms with Gasteiger partial charge in [-0.25, -0.2) is 8.42 Å². The van der Waals surface area contributed by atoms with Gasteiger partial charge in [0.05, 0.1) is 11.8 Å². The van der Waals surface area contributed by atoms with Crippen LogP contribution >= 0.6 is 0 Å². The molecule has 1 fully saturated rings. The van der Waals surface area contributed by atoms with E-state index in [0.717, 1.165) is 0 Å². The molecule has 1 aliphatic heterocycles. The van der Waals surface area contributed by atoms with E-state index in [0.29, 0.717) is 35.7 Å². The summed E-state index contributed by atoms with van der Waals surface area (Å²) in [5.41, 5.74) is 1.15. The van der Waals surface area contributed by atoms with Crippen molar-refractivity contribution in [1.29, 1.82) is 0 Å². The van der Waals surface area contributed by atoms with Crippen molar-refractivity contribution in [2.75, 3.05) is 26.2 Å². The van der Waals surface area contributed by atoms with Crippen LogP contribution in [-0.4, -0.2) is 59.5 Å². The standard InChI is InChI=1S/C16H22N4O4S/c1-11-10-17-18(4)16(11)25(22,23)20-7-5-19(6-8-20)15(21)14-9-12(2)24-13(14)3/h9-10H,5-8H2,1-4H3. The first-order valence-corrected chi connectivity index (χ1v) is 9.51. The van der Waals surface area contributed by atoms with Gasteiger partial charge in [0.15, 0.2) is 5.03 Å². The molecule has 3 heterocycles. The lowest BCUT2D eigenvalue weighted by Gasteiger charge is -2.34. The molecule has 0 N–H and O–H groups in total. The number of aromatic nitrogens is 2. The molecule has 136 valence electrons. The van der Waals surface area contributed by atoms with Crippen molar-refractivity contribution in [1.82, 2.24) is 19.0 Å². The van der Waals surface area contributed by atoms with Crippen molar-refractivity contribution < 1.29 is 17.6 Å². The number of rotatable bonds is 3. The summed E-state index contributed by atoms with van der Waals surface area (Å²) in [5, 5.41) is 4.21. The van der Waals surface area contributed by atoms with E-state index in [2.05, 4.69) is 5.10 Å². The van der Waals surface area contributed by atoms with Crippen LogP contribution in [0.1, 0.15) is 27.4 Å². The van der Waals surface area contributed by atoms with Gasteiger partial charge in [0.25, 0.3) is 15.9 Å². The van der Waals surface area contributed by atoms with Crippen molar-refractivity contribution >= 4 is 15.9 Å². The van der Waals surface area contributed by atoms with Gasteiger partial charge in [-0.15, -0.1) is 0 Å². The zero-order valence-electron chi connectivity index (χ0n) is 14.8. The van der Waals surface area contributed by atoms with Crippen molar-refractivity contribution in [3.8, 4) is 0 Å². The highest BCUT2D eigenvalue weighted by molar-refractivity contribution is 7.89. The molecule has 8 nitrogen and oxygen atoms in total. The smallest absolute Gasteiger partial charge is 0.260 e. The molecule has 0 radical (unpaired) electrons. The fourth-order valence-corrected chi connectivity index (χ4v) is 4.90. The molecule has 0 aromatic carbocycles. The van der Waals surface area contributed by atoms with Crippen LogP contribution in [0.3, 0.4) is 0 Å². The normalized spacial score (nSPS) is 16.4. The molecule has 1 saturated heterocycles. The van der Waals surface area contributed by atoms with Gasteiger partial charge in [-0.1, -0.05) is 0 Å². The Balaban J connectivity index is 1.74. The molecule has 1 amide bonds. The van der Waals surface area contributed by atoms with Gasteiger partial charge in [-0.3, -0.25) is 9.48 Å². The van der Waals surface area contributed by atoms with Crippen LogP contribution in [0, 0.1) is 20.8 Å². The summed E-state index contributed by atoms with van der Waals surface area (Å²) in [6.45, 7) is 6.49. The van der Waals surface area contributed by atoms with Gasteiger partial charge in [0.1, 0.15) is 11.5 Å². The topological polar surface area (TPSA) is 88.7 Å². The molecule has 0 saturated carbocycles. The summed E-state index contributed by atoms with van der Waals surface area (Å²) in [5.74, 6) is 1.15. The van der Waals surface area contributed by atoms with E-state index in [1.807, 2.05) is 0 Å². The second kappa shape index (κ2) is 6.30. The van der Waals surface area contributed by atoms with Crippen molar-refractivity contribution in [3.05, 3.63) is 34.9 Å². The fourth-order valence-electron chi connectivity index (χ4n) is 3.17. The first kappa shape index (κ1) is 17.7. The molecule has 0 spiro atoms. The average Bonchev–Trinajstić information content (AvgIpc) is 3.08. The maximum atomic E-state index is 12.8. The largest absolute Gasteiger partial charge is 0.466 e. The Morgan fingerprint density at radius 2 is 1.80 bits per heavy atom. The molecule has 3 rings (SSSR count). The highest BCUT2D eigenvalue weighted by atomic mass is 32.2. The predicted molar refractivity (Wildman–Crippen MR) is 90.8 cm³/mol. The SMILES string of the molecule is Cc1cc(C(=O)N2CCN(S(=O)(=O)c3c(C)cnn3C)CC2)c(C)o1. The highest BCUT2D eigenvalue weighted by Gasteiger charge is 2.33. The van der Waals surface area contributed by atoms with Crippen LogP contribution in [0.15, 0.2) is 21.7 Å². The molecule has 0 unspecified atom stereocenters. The van der Waals surface area contributed by atoms with E-state index >= 15 is 0 Å². The van der Waals surface area contributed by atoms with Crippen LogP contribution in [0.25, 0.3) is 0 Å². The number of nitrogens with zero attached hydrogens (tertiary/aromatic N) is 4. The molecular formula is C16H22N4O4S. The third-order valence-corrected chi connectivity index (χ3v) is 6.56. The molecule has 0 atom stereocenters. The first-order valence-electron chi connectivity index (χ1n) is 8.07. The van der Waals surface area contributed by atoms with Gasteiger partial charge in [0.2, 0.25) is 0 Å². The predicted octanol–water partition coefficient (Wildman–Crippen LogP) is 1.09. The Morgan fingerprint density at radius 3 is 2.28 bits per heavy atom. The van der Waals surface area contributed by atoms with E-state index in [1.54, 1.807) is 38.8 Å². The summed E-state index contributed by atoms with van der Waals surface area (Å²) in [7, 11) is -2.01. The fraction of sp³-hybridized carbons (Fsp3) is 0.500. The third-order valence-electron chi connectivity index (χ3n) is 4.44. The van der Waals surface area contributed by atoms with Crippen LogP contribution in [0.4, 0.5) is 0 Å². The van der Waals surface area contributed by atoms with Gasteiger partial charge in [-0.2, -0.15) is 9.40 Å². The first-order chi connectivity index (χ1) is 11.7. The quantitative estimate of drug-likeness (QED) is 0.811. The molecule has 1 aliphatic rings. The van der Waals surface area contributed by atoms with Gasteiger partial charge in [-0.05, 0) is 26.8 Å². The minimum Gasteiger partial charge on any atom is -0.466 e. The van der Waals surface area contributed by atoms with Crippen LogP contribution < -0.4 is 0 Å². The summed E-state index contributed by atoms with van der Waals surface area (Å²) in [4.78, 5) is 14.3. The maximum absolute atomic E-state index is 12.8. The highest BCUT2D eigenvalue weighted by Crippen LogP contribution is 2.22. The molecule has 9 heteroatoms. The molecule has 25 heavy (non-hydrogen) atoms. The summed E-state index contributed by atoms with van der Waals surface area (Å²) >= 11 is 0. The zero-order chi connectivity index (χ0) is 18.4. The number of amides is 1. The molecule has 2 aromatic heterocycles. The molecule has 0 aliphatic carbocycles. The lowest BCUT2D eigenvalue weighted by molar-refractivity contribution is 0.0696. The molecule has 0 bridgehead atoms. The van der Waals surface area contributed by atoms with Crippen molar-refractivity contribution in [2.24, 2.45) is 7.05 Å². The Bertz CT molecular complexity index is 885. The van der Waals surface area contributed by atoms with Crippen LogP contribution in [-0.2, 0) is 17.1 Å². The summed E-state index contributed by atoms with van der Waals surface area (Å²) in [6, 6.07) is 1.72.